The third-order valence-electron chi connectivity index (χ3n) is 3.34. The van der Waals surface area contributed by atoms with E-state index in [1.54, 1.807) is 0 Å². The van der Waals surface area contributed by atoms with Crippen molar-refractivity contribution in [3.05, 3.63) is 28.8 Å². The number of hydrogen-bond acceptors (Lipinski definition) is 2. The van der Waals surface area contributed by atoms with Crippen molar-refractivity contribution in [1.29, 1.82) is 0 Å². The summed E-state index contributed by atoms with van der Waals surface area (Å²) >= 11 is 0. The quantitative estimate of drug-likeness (QED) is 0.776. The summed E-state index contributed by atoms with van der Waals surface area (Å²) in [5, 5.41) is 13.2. The fourth-order valence-corrected chi connectivity index (χ4v) is 2.25. The van der Waals surface area contributed by atoms with Crippen molar-refractivity contribution in [3.63, 3.8) is 0 Å². The highest BCUT2D eigenvalue weighted by molar-refractivity contribution is 5.41. The topological polar surface area (TPSA) is 32.3 Å². The van der Waals surface area contributed by atoms with E-state index >= 15 is 0 Å². The van der Waals surface area contributed by atoms with E-state index in [0.29, 0.717) is 11.8 Å². The maximum absolute atomic E-state index is 9.73. The lowest BCUT2D eigenvalue weighted by Crippen LogP contribution is -2.23. The van der Waals surface area contributed by atoms with Gasteiger partial charge in [-0.05, 0) is 62.4 Å². The standard InChI is InChI=1S/C13H19NO/c1-9-6-11(8-13(15)10(9)2)7-12-4-3-5-14-12/h6,8,12,14-15H,3-5,7H2,1-2H3. The van der Waals surface area contributed by atoms with E-state index in [0.717, 1.165) is 18.5 Å². The highest BCUT2D eigenvalue weighted by Crippen LogP contribution is 2.23. The number of hydrogen-bond donors (Lipinski definition) is 2. The number of nitrogens with one attached hydrogen (secondary N) is 1. The third kappa shape index (κ3) is 2.32. The first-order valence-corrected chi connectivity index (χ1v) is 5.69. The lowest BCUT2D eigenvalue weighted by Gasteiger charge is -2.12. The molecule has 0 bridgehead atoms. The molecule has 2 nitrogen and oxygen atoms in total. The van der Waals surface area contributed by atoms with Crippen LogP contribution >= 0.6 is 0 Å². The van der Waals surface area contributed by atoms with Gasteiger partial charge in [-0.25, -0.2) is 0 Å². The van der Waals surface area contributed by atoms with Crippen LogP contribution in [0.5, 0.6) is 5.75 Å². The molecule has 15 heavy (non-hydrogen) atoms. The Labute approximate surface area is 91.3 Å². The van der Waals surface area contributed by atoms with Gasteiger partial charge in [-0.1, -0.05) is 6.07 Å². The molecule has 1 aliphatic heterocycles. The summed E-state index contributed by atoms with van der Waals surface area (Å²) in [6.07, 6.45) is 3.57. The maximum Gasteiger partial charge on any atom is 0.119 e. The van der Waals surface area contributed by atoms with Gasteiger partial charge in [0.05, 0.1) is 0 Å². The number of rotatable bonds is 2. The van der Waals surface area contributed by atoms with E-state index in [2.05, 4.69) is 18.3 Å². The molecule has 0 amide bonds. The van der Waals surface area contributed by atoms with Crippen LogP contribution in [0.3, 0.4) is 0 Å². The molecule has 0 radical (unpaired) electrons. The van der Waals surface area contributed by atoms with Gasteiger partial charge in [0.15, 0.2) is 0 Å². The van der Waals surface area contributed by atoms with E-state index in [1.165, 1.54) is 24.0 Å². The molecule has 0 aliphatic carbocycles. The van der Waals surface area contributed by atoms with Crippen LogP contribution in [0, 0.1) is 13.8 Å². The van der Waals surface area contributed by atoms with Crippen molar-refractivity contribution in [2.75, 3.05) is 6.54 Å². The molecule has 1 unspecified atom stereocenters. The van der Waals surface area contributed by atoms with E-state index in [1.807, 2.05) is 13.0 Å². The molecular formula is C13H19NO. The molecule has 0 spiro atoms. The largest absolute Gasteiger partial charge is 0.508 e. The Morgan fingerprint density at radius 3 is 2.80 bits per heavy atom. The van der Waals surface area contributed by atoms with Gasteiger partial charge in [-0.3, -0.25) is 0 Å². The fraction of sp³-hybridized carbons (Fsp3) is 0.538. The predicted octanol–water partition coefficient (Wildman–Crippen LogP) is 2.30. The van der Waals surface area contributed by atoms with E-state index in [9.17, 15) is 5.11 Å². The average molecular weight is 205 g/mol. The summed E-state index contributed by atoms with van der Waals surface area (Å²) in [4.78, 5) is 0. The molecule has 0 aromatic heterocycles. The first kappa shape index (κ1) is 10.5. The highest BCUT2D eigenvalue weighted by Gasteiger charge is 2.15. The second-order valence-electron chi connectivity index (χ2n) is 4.55. The van der Waals surface area contributed by atoms with Gasteiger partial charge in [-0.2, -0.15) is 0 Å². The van der Waals surface area contributed by atoms with Gasteiger partial charge < -0.3 is 10.4 Å². The lowest BCUT2D eigenvalue weighted by molar-refractivity contribution is 0.469. The minimum absolute atomic E-state index is 0.433. The molecule has 82 valence electrons. The van der Waals surface area contributed by atoms with Crippen LogP contribution in [0.15, 0.2) is 12.1 Å². The Bertz CT molecular complexity index is 331. The summed E-state index contributed by atoms with van der Waals surface area (Å²) in [5.74, 6) is 0.433. The minimum atomic E-state index is 0.433. The van der Waals surface area contributed by atoms with Gasteiger partial charge in [0.25, 0.3) is 0 Å². The number of phenols is 1. The zero-order valence-electron chi connectivity index (χ0n) is 9.51. The van der Waals surface area contributed by atoms with Gasteiger partial charge in [0, 0.05) is 6.04 Å². The summed E-state index contributed by atoms with van der Waals surface area (Å²) < 4.78 is 0. The van der Waals surface area contributed by atoms with Crippen LogP contribution in [-0.2, 0) is 6.42 Å². The van der Waals surface area contributed by atoms with Crippen molar-refractivity contribution >= 4 is 0 Å². The first-order valence-electron chi connectivity index (χ1n) is 5.69. The zero-order chi connectivity index (χ0) is 10.8. The Kier molecular flexibility index (Phi) is 2.96. The van der Waals surface area contributed by atoms with E-state index in [4.69, 9.17) is 0 Å². The van der Waals surface area contributed by atoms with Crippen molar-refractivity contribution in [1.82, 2.24) is 5.32 Å². The van der Waals surface area contributed by atoms with Crippen molar-refractivity contribution < 1.29 is 5.11 Å². The third-order valence-corrected chi connectivity index (χ3v) is 3.34. The van der Waals surface area contributed by atoms with E-state index < -0.39 is 0 Å². The summed E-state index contributed by atoms with van der Waals surface area (Å²) in [5.41, 5.74) is 3.43. The van der Waals surface area contributed by atoms with Crippen molar-refractivity contribution in [2.24, 2.45) is 0 Å². The first-order chi connectivity index (χ1) is 7.16. The second-order valence-corrected chi connectivity index (χ2v) is 4.55. The molecule has 1 heterocycles. The molecule has 1 atom stereocenters. The van der Waals surface area contributed by atoms with Gasteiger partial charge in [-0.15, -0.1) is 0 Å². The molecule has 1 aromatic carbocycles. The number of aromatic hydroxyl groups is 1. The Balaban J connectivity index is 2.14. The van der Waals surface area contributed by atoms with Crippen LogP contribution in [-0.4, -0.2) is 17.7 Å². The maximum atomic E-state index is 9.73. The van der Waals surface area contributed by atoms with E-state index in [-0.39, 0.29) is 0 Å². The molecule has 0 saturated carbocycles. The van der Waals surface area contributed by atoms with Crippen LogP contribution in [0.4, 0.5) is 0 Å². The van der Waals surface area contributed by atoms with Crippen LogP contribution in [0.25, 0.3) is 0 Å². The normalized spacial score (nSPS) is 20.8. The molecular weight excluding hydrogens is 186 g/mol. The van der Waals surface area contributed by atoms with Crippen molar-refractivity contribution in [3.8, 4) is 5.75 Å². The SMILES string of the molecule is Cc1cc(CC2CCCN2)cc(O)c1C. The molecule has 1 saturated heterocycles. The van der Waals surface area contributed by atoms with Crippen LogP contribution < -0.4 is 5.32 Å². The van der Waals surface area contributed by atoms with Crippen LogP contribution in [0.1, 0.15) is 29.5 Å². The molecule has 1 aliphatic rings. The number of benzene rings is 1. The molecule has 2 N–H and O–H groups in total. The van der Waals surface area contributed by atoms with Gasteiger partial charge >= 0.3 is 0 Å². The van der Waals surface area contributed by atoms with Gasteiger partial charge in [0.1, 0.15) is 5.75 Å². The molecule has 2 rings (SSSR count). The Morgan fingerprint density at radius 2 is 2.20 bits per heavy atom. The monoisotopic (exact) mass is 205 g/mol. The van der Waals surface area contributed by atoms with Crippen molar-refractivity contribution in [2.45, 2.75) is 39.2 Å². The zero-order valence-corrected chi connectivity index (χ0v) is 9.51. The Morgan fingerprint density at radius 1 is 1.40 bits per heavy atom. The number of aryl methyl sites for hydroxylation is 1. The average Bonchev–Trinajstić information content (AvgIpc) is 2.66. The Hall–Kier alpha value is -1.02. The van der Waals surface area contributed by atoms with Gasteiger partial charge in [0.2, 0.25) is 0 Å². The molecule has 2 heteroatoms. The lowest BCUT2D eigenvalue weighted by atomic mass is 9.99. The summed E-state index contributed by atoms with van der Waals surface area (Å²) in [6.45, 7) is 5.16. The summed E-state index contributed by atoms with van der Waals surface area (Å²) in [6, 6.07) is 4.70. The molecule has 1 fully saturated rings. The smallest absolute Gasteiger partial charge is 0.119 e. The fourth-order valence-electron chi connectivity index (χ4n) is 2.25. The highest BCUT2D eigenvalue weighted by atomic mass is 16.3. The predicted molar refractivity (Wildman–Crippen MR) is 62.3 cm³/mol. The second kappa shape index (κ2) is 4.23. The summed E-state index contributed by atoms with van der Waals surface area (Å²) in [7, 11) is 0. The molecule has 1 aromatic rings. The van der Waals surface area contributed by atoms with Crippen LogP contribution in [0.2, 0.25) is 0 Å². The minimum Gasteiger partial charge on any atom is -0.508 e. The number of phenolic OH excluding ortho intramolecular Hbond substituents is 1.